The Balaban J connectivity index is -0.00000000161. The van der Waals surface area contributed by atoms with Crippen molar-refractivity contribution >= 4 is 16.9 Å². The van der Waals surface area contributed by atoms with Crippen LogP contribution < -0.4 is 0 Å². The maximum atomic E-state index is 5.02. The Kier molecular flexibility index (Phi) is 605. The molecule has 0 unspecified atom stereocenters. The summed E-state index contributed by atoms with van der Waals surface area (Å²) < 4.78 is 0. The summed E-state index contributed by atoms with van der Waals surface area (Å²) in [5.74, 6) is 0. The first-order valence-electron chi connectivity index (χ1n) is 0.567. The fourth-order valence-electron chi connectivity index (χ4n) is 0. The van der Waals surface area contributed by atoms with Gasteiger partial charge in [0.15, 0.2) is 0 Å². The van der Waals surface area contributed by atoms with E-state index in [1.807, 2.05) is 0 Å². The molecule has 0 aliphatic carbocycles. The van der Waals surface area contributed by atoms with Crippen LogP contribution >= 0.6 is 16.9 Å². The Morgan fingerprint density at radius 3 is 0.417 bits per heavy atom. The molecule has 0 aromatic heterocycles. The van der Waals surface area contributed by atoms with Crippen LogP contribution in [0.5, 0.6) is 0 Å². The van der Waals surface area contributed by atoms with E-state index < -0.39 is 30.7 Å². The molecule has 0 spiro atoms. The molecule has 0 aromatic carbocycles. The molecule has 0 bridgehead atoms. The van der Waals surface area contributed by atoms with Gasteiger partial charge in [0, 0.05) is 0 Å². The van der Waals surface area contributed by atoms with Gasteiger partial charge < -0.3 is 43.8 Å². The van der Waals surface area contributed by atoms with Gasteiger partial charge in [-0.1, -0.05) is 0 Å². The van der Waals surface area contributed by atoms with Gasteiger partial charge in [-0.15, -0.1) is 0 Å². The predicted octanol–water partition coefficient (Wildman–Crippen LogP) is -4.53. The number of hydrogen-bond donors (Lipinski definition) is 0. The zero-order valence-corrected chi connectivity index (χ0v) is 11.0. The molecule has 0 aromatic rings. The third kappa shape index (κ3) is 384. The molecule has 0 heterocycles. The maximum absolute atomic E-state index is 5.02. The van der Waals surface area contributed by atoms with Crippen LogP contribution in [-0.4, -0.2) is 43.8 Å². The van der Waals surface area contributed by atoms with Crippen LogP contribution in [0.2, 0.25) is 0 Å². The molecule has 0 radical (unpaired) electrons. The van der Waals surface area contributed by atoms with Crippen LogP contribution in [0, 0.1) is 30.7 Å². The number of hydrogen-bond acceptors (Lipinski definition) is 0. The number of halogens is 3. The fraction of sp³-hybridized carbons (Fsp3) is 0. The van der Waals surface area contributed by atoms with E-state index in [1.54, 1.807) is 0 Å². The van der Waals surface area contributed by atoms with E-state index in [4.69, 9.17) is 16.9 Å². The normalized spacial score (nSPS) is 2.25. The van der Waals surface area contributed by atoms with E-state index in [0.29, 0.717) is 0 Å². The van der Waals surface area contributed by atoms with Crippen LogP contribution in [0.1, 0.15) is 0 Å². The van der Waals surface area contributed by atoms with E-state index in [9.17, 15) is 0 Å². The van der Waals surface area contributed by atoms with Crippen LogP contribution in [0.3, 0.4) is 0 Å². The molecule has 8 nitrogen and oxygen atoms in total. The van der Waals surface area contributed by atoms with Gasteiger partial charge in [0.05, 0.1) is 0 Å². The van der Waals surface area contributed by atoms with Gasteiger partial charge in [-0.2, -0.15) is 0 Å². The van der Waals surface area contributed by atoms with E-state index in [-0.39, 0.29) is 43.8 Å². The first-order chi connectivity index (χ1) is 1.73. The van der Waals surface area contributed by atoms with Gasteiger partial charge in [-0.25, -0.2) is 0 Å². The number of rotatable bonds is 0. The second kappa shape index (κ2) is 75.8. The van der Waals surface area contributed by atoms with Gasteiger partial charge in [-0.05, 0) is 0 Å². The van der Waals surface area contributed by atoms with Crippen molar-refractivity contribution in [2.75, 3.05) is 0 Å². The summed E-state index contributed by atoms with van der Waals surface area (Å²) in [7, 11) is 0. The van der Waals surface area contributed by atoms with Gasteiger partial charge in [-0.3, -0.25) is 0 Å². The van der Waals surface area contributed by atoms with Crippen LogP contribution in [0.15, 0.2) is 0 Å². The SMILES string of the molecule is O.O.O.O.O.O.O.O.[Cl][Ce]([Cl])[Cl]. The Bertz CT molecular complexity index is 19.0. The quantitative estimate of drug-likeness (QED) is 0.378. The standard InChI is InChI=1S/Ce.3ClH.8H2O/h;3*1H;8*1H2/q+3;;;;;;;;;;;/p-3. The van der Waals surface area contributed by atoms with E-state index in [1.165, 1.54) is 0 Å². The molecule has 0 saturated carbocycles. The summed E-state index contributed by atoms with van der Waals surface area (Å²) in [5.41, 5.74) is 15.1. The topological polar surface area (TPSA) is 252 Å². The summed E-state index contributed by atoms with van der Waals surface area (Å²) in [6.07, 6.45) is 0. The molecule has 0 atom stereocenters. The molecule has 0 rings (SSSR count). The second-order valence-corrected chi connectivity index (χ2v) is 14.0. The van der Waals surface area contributed by atoms with Crippen molar-refractivity contribution in [3.63, 3.8) is 0 Å². The first-order valence-corrected chi connectivity index (χ1v) is 12.4. The van der Waals surface area contributed by atoms with Gasteiger partial charge in [0.2, 0.25) is 0 Å². The van der Waals surface area contributed by atoms with Gasteiger partial charge >= 0.3 is 47.6 Å². The average molecular weight is 391 g/mol. The summed E-state index contributed by atoms with van der Waals surface area (Å²) in [6, 6.07) is 0. The first kappa shape index (κ1) is 95.9. The molecule has 0 aliphatic heterocycles. The zero-order chi connectivity index (χ0) is 3.58. The fourth-order valence-corrected chi connectivity index (χ4v) is 0. The molecular weight excluding hydrogens is 374 g/mol. The summed E-state index contributed by atoms with van der Waals surface area (Å²) >= 11 is -2.24. The molecule has 12 heavy (non-hydrogen) atoms. The van der Waals surface area contributed by atoms with Crippen molar-refractivity contribution in [3.05, 3.63) is 0 Å². The van der Waals surface area contributed by atoms with Crippen LogP contribution in [0.25, 0.3) is 0 Å². The van der Waals surface area contributed by atoms with E-state index >= 15 is 0 Å². The van der Waals surface area contributed by atoms with Crippen molar-refractivity contribution in [2.45, 2.75) is 0 Å². The predicted molar refractivity (Wildman–Crippen MR) is 46.5 cm³/mol. The molecule has 0 aliphatic rings. The minimum absolute atomic E-state index is 0. The van der Waals surface area contributed by atoms with Crippen molar-refractivity contribution in [1.82, 2.24) is 0 Å². The van der Waals surface area contributed by atoms with E-state index in [0.717, 1.165) is 0 Å². The van der Waals surface area contributed by atoms with Gasteiger partial charge in [0.25, 0.3) is 0 Å². The van der Waals surface area contributed by atoms with E-state index in [2.05, 4.69) is 0 Å². The molecule has 12 heteroatoms. The monoisotopic (exact) mass is 389 g/mol. The Labute approximate surface area is 90.1 Å². The molecule has 16 N–H and O–H groups in total. The van der Waals surface area contributed by atoms with Crippen molar-refractivity contribution in [1.29, 1.82) is 0 Å². The molecule has 0 amide bonds. The van der Waals surface area contributed by atoms with Crippen molar-refractivity contribution in [3.8, 4) is 0 Å². The minimum atomic E-state index is -2.24. The molecule has 0 saturated heterocycles. The average Bonchev–Trinajstić information content (AvgIpc) is 0.811. The molecule has 89 valence electrons. The zero-order valence-electron chi connectivity index (χ0n) is 5.63. The van der Waals surface area contributed by atoms with Crippen molar-refractivity contribution < 1.29 is 74.5 Å². The van der Waals surface area contributed by atoms with Crippen LogP contribution in [-0.2, 0) is 0 Å². The summed E-state index contributed by atoms with van der Waals surface area (Å²) in [6.45, 7) is 0. The Hall–Kier alpha value is 1.93. The van der Waals surface area contributed by atoms with Crippen LogP contribution in [0.4, 0.5) is 0 Å². The van der Waals surface area contributed by atoms with Gasteiger partial charge in [0.1, 0.15) is 0 Å². The summed E-state index contributed by atoms with van der Waals surface area (Å²) in [5, 5.41) is 0. The Morgan fingerprint density at radius 2 is 0.417 bits per heavy atom. The summed E-state index contributed by atoms with van der Waals surface area (Å²) in [4.78, 5) is 0. The third-order valence-corrected chi connectivity index (χ3v) is 0. The second-order valence-electron chi connectivity index (χ2n) is 0.214. The Morgan fingerprint density at radius 1 is 0.417 bits per heavy atom. The molecule has 0 fully saturated rings. The van der Waals surface area contributed by atoms with Crippen molar-refractivity contribution in [2.24, 2.45) is 0 Å². The molecular formula is H16CeCl3O8. The third-order valence-electron chi connectivity index (χ3n) is 0.